The number of nitrogens with zero attached hydrogens (tertiary/aromatic N) is 3. The smallest absolute Gasteiger partial charge is 0.238 e. The third kappa shape index (κ3) is 1.80. The van der Waals surface area contributed by atoms with Crippen molar-refractivity contribution in [2.24, 2.45) is 5.92 Å². The highest BCUT2D eigenvalue weighted by atomic mass is 32.1. The van der Waals surface area contributed by atoms with Gasteiger partial charge in [0.05, 0.1) is 6.04 Å². The Balaban J connectivity index is 2.11. The second-order valence-corrected chi connectivity index (χ2v) is 4.23. The van der Waals surface area contributed by atoms with E-state index in [0.717, 1.165) is 5.92 Å². The average molecular weight is 198 g/mol. The number of nitrogens with one attached hydrogen (secondary N) is 1. The predicted octanol–water partition coefficient (Wildman–Crippen LogP) is 2.09. The second kappa shape index (κ2) is 3.57. The van der Waals surface area contributed by atoms with Crippen LogP contribution in [-0.2, 0) is 0 Å². The van der Waals surface area contributed by atoms with E-state index in [1.165, 1.54) is 25.7 Å². The van der Waals surface area contributed by atoms with E-state index < -0.39 is 0 Å². The molecule has 1 aliphatic rings. The fourth-order valence-corrected chi connectivity index (χ4v) is 2.17. The highest BCUT2D eigenvalue weighted by molar-refractivity contribution is 7.71. The Morgan fingerprint density at radius 3 is 2.62 bits per heavy atom. The number of tetrazole rings is 1. The molecule has 5 heteroatoms. The zero-order valence-corrected chi connectivity index (χ0v) is 8.55. The summed E-state index contributed by atoms with van der Waals surface area (Å²) >= 11 is 5.05. The van der Waals surface area contributed by atoms with Crippen LogP contribution in [0.4, 0.5) is 0 Å². The lowest BCUT2D eigenvalue weighted by molar-refractivity contribution is 0.269. The molecule has 0 unspecified atom stereocenters. The molecule has 1 aromatic heterocycles. The maximum absolute atomic E-state index is 5.05. The number of aromatic nitrogens is 4. The zero-order chi connectivity index (χ0) is 9.26. The monoisotopic (exact) mass is 198 g/mol. The molecule has 0 aliphatic heterocycles. The highest BCUT2D eigenvalue weighted by Gasteiger charge is 2.20. The van der Waals surface area contributed by atoms with Gasteiger partial charge in [0.2, 0.25) is 4.77 Å². The summed E-state index contributed by atoms with van der Waals surface area (Å²) in [5.74, 6) is 0.862. The maximum atomic E-state index is 5.05. The van der Waals surface area contributed by atoms with Crippen molar-refractivity contribution in [2.45, 2.75) is 38.6 Å². The van der Waals surface area contributed by atoms with Crippen LogP contribution in [0, 0.1) is 10.7 Å². The average Bonchev–Trinajstić information content (AvgIpc) is 2.53. The minimum atomic E-state index is 0.499. The first-order valence-corrected chi connectivity index (χ1v) is 5.18. The van der Waals surface area contributed by atoms with Crippen LogP contribution in [-0.4, -0.2) is 20.2 Å². The molecule has 1 N–H and O–H groups in total. The topological polar surface area (TPSA) is 46.5 Å². The van der Waals surface area contributed by atoms with Gasteiger partial charge in [0.25, 0.3) is 0 Å². The second-order valence-electron chi connectivity index (χ2n) is 3.87. The first kappa shape index (κ1) is 8.87. The van der Waals surface area contributed by atoms with Gasteiger partial charge in [-0.15, -0.1) is 0 Å². The highest BCUT2D eigenvalue weighted by Crippen LogP contribution is 2.30. The molecule has 0 aromatic carbocycles. The van der Waals surface area contributed by atoms with E-state index in [1.54, 1.807) is 0 Å². The maximum Gasteiger partial charge on any atom is 0.238 e. The van der Waals surface area contributed by atoms with Crippen molar-refractivity contribution in [3.8, 4) is 0 Å². The minimum absolute atomic E-state index is 0.499. The van der Waals surface area contributed by atoms with Gasteiger partial charge in [0, 0.05) is 0 Å². The Kier molecular flexibility index (Phi) is 2.44. The van der Waals surface area contributed by atoms with Gasteiger partial charge >= 0.3 is 0 Å². The van der Waals surface area contributed by atoms with Crippen LogP contribution in [0.2, 0.25) is 0 Å². The van der Waals surface area contributed by atoms with Gasteiger partial charge in [-0.2, -0.15) is 5.21 Å². The van der Waals surface area contributed by atoms with Gasteiger partial charge < -0.3 is 0 Å². The number of H-pyrrole nitrogens is 1. The molecule has 2 rings (SSSR count). The van der Waals surface area contributed by atoms with Gasteiger partial charge in [-0.3, -0.25) is 0 Å². The first-order valence-electron chi connectivity index (χ1n) is 4.77. The van der Waals surface area contributed by atoms with E-state index in [4.69, 9.17) is 12.2 Å². The van der Waals surface area contributed by atoms with E-state index >= 15 is 0 Å². The van der Waals surface area contributed by atoms with Crippen molar-refractivity contribution in [1.29, 1.82) is 0 Å². The predicted molar refractivity (Wildman–Crippen MR) is 51.9 cm³/mol. The van der Waals surface area contributed by atoms with E-state index in [1.807, 2.05) is 4.68 Å². The molecule has 0 bridgehead atoms. The Bertz CT molecular complexity index is 321. The molecule has 0 radical (unpaired) electrons. The molecule has 72 valence electrons. The molecular formula is C8H14N4S. The largest absolute Gasteiger partial charge is 0.239 e. The SMILES string of the molecule is CC1CCC(n2[nH]nnc2=S)CC1. The summed E-state index contributed by atoms with van der Waals surface area (Å²) < 4.78 is 2.50. The molecule has 4 nitrogen and oxygen atoms in total. The minimum Gasteiger partial charge on any atom is -0.239 e. The Morgan fingerprint density at radius 1 is 1.38 bits per heavy atom. The molecule has 0 amide bonds. The van der Waals surface area contributed by atoms with Crippen molar-refractivity contribution in [3.63, 3.8) is 0 Å². The molecule has 1 fully saturated rings. The van der Waals surface area contributed by atoms with Crippen LogP contribution in [0.3, 0.4) is 0 Å². The molecule has 1 aliphatic carbocycles. The number of hydrogen-bond donors (Lipinski definition) is 1. The van der Waals surface area contributed by atoms with Gasteiger partial charge in [0.15, 0.2) is 0 Å². The van der Waals surface area contributed by atoms with E-state index in [9.17, 15) is 0 Å². The summed E-state index contributed by atoms with van der Waals surface area (Å²) in [5.41, 5.74) is 0. The summed E-state index contributed by atoms with van der Waals surface area (Å²) in [7, 11) is 0. The van der Waals surface area contributed by atoms with Crippen molar-refractivity contribution >= 4 is 12.2 Å². The van der Waals surface area contributed by atoms with E-state index in [0.29, 0.717) is 10.8 Å². The van der Waals surface area contributed by atoms with Gasteiger partial charge in [0.1, 0.15) is 0 Å². The van der Waals surface area contributed by atoms with Crippen molar-refractivity contribution in [3.05, 3.63) is 4.77 Å². The zero-order valence-electron chi connectivity index (χ0n) is 7.73. The molecule has 1 aromatic rings. The van der Waals surface area contributed by atoms with Gasteiger partial charge in [-0.1, -0.05) is 17.2 Å². The molecule has 0 saturated heterocycles. The van der Waals surface area contributed by atoms with E-state index in [-0.39, 0.29) is 0 Å². The normalized spacial score (nSPS) is 29.0. The third-order valence-electron chi connectivity index (χ3n) is 2.84. The molecule has 1 heterocycles. The van der Waals surface area contributed by atoms with Crippen LogP contribution < -0.4 is 0 Å². The summed E-state index contributed by atoms with van der Waals surface area (Å²) in [5, 5.41) is 10.3. The van der Waals surface area contributed by atoms with E-state index in [2.05, 4.69) is 22.4 Å². The Labute approximate surface area is 82.3 Å². The summed E-state index contributed by atoms with van der Waals surface area (Å²) in [6, 6.07) is 0.499. The Morgan fingerprint density at radius 2 is 2.08 bits per heavy atom. The number of hydrogen-bond acceptors (Lipinski definition) is 3. The van der Waals surface area contributed by atoms with Crippen LogP contribution in [0.1, 0.15) is 38.6 Å². The van der Waals surface area contributed by atoms with Crippen LogP contribution in [0.15, 0.2) is 0 Å². The lowest BCUT2D eigenvalue weighted by Gasteiger charge is -2.25. The van der Waals surface area contributed by atoms with Crippen molar-refractivity contribution in [1.82, 2.24) is 20.2 Å². The lowest BCUT2D eigenvalue weighted by atomic mass is 9.87. The molecule has 0 spiro atoms. The lowest BCUT2D eigenvalue weighted by Crippen LogP contribution is -2.17. The molecule has 1 saturated carbocycles. The van der Waals surface area contributed by atoms with Gasteiger partial charge in [-0.25, -0.2) is 4.68 Å². The molecule has 13 heavy (non-hydrogen) atoms. The van der Waals surface area contributed by atoms with Crippen molar-refractivity contribution < 1.29 is 0 Å². The number of rotatable bonds is 1. The Hall–Kier alpha value is -0.710. The standard InChI is InChI=1S/C8H14N4S/c1-6-2-4-7(5-3-6)12-8(13)9-10-11-12/h6-7H,2-5H2,1H3,(H,9,11,13). The fraction of sp³-hybridized carbons (Fsp3) is 0.875. The van der Waals surface area contributed by atoms with Crippen molar-refractivity contribution in [2.75, 3.05) is 0 Å². The van der Waals surface area contributed by atoms with Crippen LogP contribution in [0.25, 0.3) is 0 Å². The quantitative estimate of drug-likeness (QED) is 0.703. The van der Waals surface area contributed by atoms with Crippen LogP contribution >= 0.6 is 12.2 Å². The summed E-state index contributed by atoms with van der Waals surface area (Å²) in [4.78, 5) is 0. The van der Waals surface area contributed by atoms with Gasteiger partial charge in [-0.05, 0) is 43.8 Å². The molecular weight excluding hydrogens is 184 g/mol. The molecule has 0 atom stereocenters. The third-order valence-corrected chi connectivity index (χ3v) is 3.12. The number of aromatic amines is 1. The summed E-state index contributed by atoms with van der Waals surface area (Å²) in [6.45, 7) is 2.31. The van der Waals surface area contributed by atoms with Crippen LogP contribution in [0.5, 0.6) is 0 Å². The summed E-state index contributed by atoms with van der Waals surface area (Å²) in [6.07, 6.45) is 4.95. The first-order chi connectivity index (χ1) is 6.27. The fourth-order valence-electron chi connectivity index (χ4n) is 1.94.